The fraction of sp³-hybridized carbons (Fsp3) is 0.565. The summed E-state index contributed by atoms with van der Waals surface area (Å²) in [5.74, 6) is 3.16. The molecule has 2 aliphatic heterocycles. The van der Waals surface area contributed by atoms with E-state index in [4.69, 9.17) is 0 Å². The lowest BCUT2D eigenvalue weighted by atomic mass is 10.1. The van der Waals surface area contributed by atoms with Crippen LogP contribution >= 0.6 is 58.8 Å². The zero-order valence-corrected chi connectivity index (χ0v) is 21.4. The van der Waals surface area contributed by atoms with Crippen molar-refractivity contribution >= 4 is 58.8 Å². The summed E-state index contributed by atoms with van der Waals surface area (Å²) in [7, 11) is 0. The average molecular weight is 469 g/mol. The number of thioether (sulfide) groups is 5. The third-order valence-electron chi connectivity index (χ3n) is 4.83. The minimum absolute atomic E-state index is 0.654. The topological polar surface area (TPSA) is 0 Å². The molecule has 0 saturated carbocycles. The lowest BCUT2D eigenvalue weighted by Gasteiger charge is -2.18. The van der Waals surface area contributed by atoms with E-state index >= 15 is 0 Å². The Bertz CT molecular complexity index is 672. The van der Waals surface area contributed by atoms with E-state index in [0.717, 1.165) is 0 Å². The van der Waals surface area contributed by atoms with Crippen molar-refractivity contribution in [2.45, 2.75) is 65.7 Å². The van der Waals surface area contributed by atoms with Crippen molar-refractivity contribution in [1.82, 2.24) is 0 Å². The van der Waals surface area contributed by atoms with E-state index in [9.17, 15) is 0 Å². The van der Waals surface area contributed by atoms with Gasteiger partial charge in [-0.05, 0) is 48.8 Å². The summed E-state index contributed by atoms with van der Waals surface area (Å²) in [4.78, 5) is 5.95. The number of hydrogen-bond donors (Lipinski definition) is 0. The second-order valence-corrected chi connectivity index (χ2v) is 13.1. The number of unbranched alkanes of at least 4 members (excludes halogenated alkanes) is 4. The van der Waals surface area contributed by atoms with Crippen LogP contribution in [-0.4, -0.2) is 11.5 Å². The standard InChI is InChI=1S/C23H32S5/c1-4-7-9-13-24-18-11-12-19(26-22(18)25-14-10-8-5-2)23-27-20-15-17(6-3)16-21(20)28-23/h11-12,15-17H,4-10,13-14H2,1-3H3. The van der Waals surface area contributed by atoms with E-state index in [0.29, 0.717) is 5.92 Å². The van der Waals surface area contributed by atoms with Gasteiger partial charge in [0.25, 0.3) is 0 Å². The van der Waals surface area contributed by atoms with Crippen LogP contribution in [0, 0.1) is 5.92 Å². The summed E-state index contributed by atoms with van der Waals surface area (Å²) in [5, 5.41) is 0. The number of rotatable bonds is 11. The first kappa shape index (κ1) is 23.1. The van der Waals surface area contributed by atoms with Crippen molar-refractivity contribution in [2.75, 3.05) is 11.5 Å². The van der Waals surface area contributed by atoms with Crippen molar-refractivity contribution in [2.24, 2.45) is 5.92 Å². The van der Waals surface area contributed by atoms with Crippen LogP contribution in [0.2, 0.25) is 0 Å². The van der Waals surface area contributed by atoms with Gasteiger partial charge in [-0.1, -0.05) is 93.9 Å². The van der Waals surface area contributed by atoms with E-state index in [1.807, 2.05) is 35.3 Å². The molecule has 2 heterocycles. The van der Waals surface area contributed by atoms with Crippen molar-refractivity contribution in [3.63, 3.8) is 0 Å². The van der Waals surface area contributed by atoms with Crippen molar-refractivity contribution in [3.8, 4) is 0 Å². The number of allylic oxidation sites excluding steroid dienone is 4. The van der Waals surface area contributed by atoms with Gasteiger partial charge in [0.1, 0.15) is 0 Å². The third-order valence-corrected chi connectivity index (χ3v) is 11.6. The van der Waals surface area contributed by atoms with Crippen LogP contribution in [0.15, 0.2) is 52.4 Å². The highest BCUT2D eigenvalue weighted by Crippen LogP contribution is 2.60. The molecule has 3 aliphatic rings. The van der Waals surface area contributed by atoms with Gasteiger partial charge in [-0.2, -0.15) is 0 Å². The predicted octanol–water partition coefficient (Wildman–Crippen LogP) is 9.76. The van der Waals surface area contributed by atoms with E-state index in [1.54, 1.807) is 0 Å². The third kappa shape index (κ3) is 6.47. The molecule has 1 saturated heterocycles. The molecule has 0 spiro atoms. The van der Waals surface area contributed by atoms with Crippen LogP contribution in [0.1, 0.15) is 65.7 Å². The fourth-order valence-electron chi connectivity index (χ4n) is 3.10. The zero-order valence-electron chi connectivity index (χ0n) is 17.3. The minimum Gasteiger partial charge on any atom is -0.124 e. The summed E-state index contributed by atoms with van der Waals surface area (Å²) in [6.07, 6.45) is 18.9. The van der Waals surface area contributed by atoms with Crippen LogP contribution in [0.4, 0.5) is 0 Å². The van der Waals surface area contributed by atoms with E-state index < -0.39 is 0 Å². The molecule has 1 fully saturated rings. The number of hydrogen-bond acceptors (Lipinski definition) is 5. The Hall–Kier alpha value is 0.450. The average Bonchev–Trinajstić information content (AvgIpc) is 3.28. The molecule has 0 aromatic carbocycles. The monoisotopic (exact) mass is 468 g/mol. The Morgan fingerprint density at radius 3 is 2.04 bits per heavy atom. The highest BCUT2D eigenvalue weighted by Gasteiger charge is 2.29. The van der Waals surface area contributed by atoms with Crippen LogP contribution in [0.5, 0.6) is 0 Å². The van der Waals surface area contributed by atoms with Crippen molar-refractivity contribution in [3.05, 3.63) is 52.4 Å². The SMILES string of the molecule is CCCCCSC1=C(SCCCCC)SC(=C2SC3=CC(CC)C=C3S2)C=C1. The summed E-state index contributed by atoms with van der Waals surface area (Å²) >= 11 is 10.2. The smallest absolute Gasteiger partial charge is 0.0638 e. The number of fused-ring (bicyclic) bond motifs is 1. The summed E-state index contributed by atoms with van der Waals surface area (Å²) < 4.78 is 3.02. The second-order valence-electron chi connectivity index (χ2n) is 7.19. The molecule has 0 bridgehead atoms. The molecule has 28 heavy (non-hydrogen) atoms. The molecule has 0 atom stereocenters. The second kappa shape index (κ2) is 12.3. The molecule has 0 radical (unpaired) electrons. The highest BCUT2D eigenvalue weighted by molar-refractivity contribution is 8.31. The largest absolute Gasteiger partial charge is 0.124 e. The maximum absolute atomic E-state index is 2.46. The fourth-order valence-corrected chi connectivity index (χ4v) is 9.71. The first-order valence-corrected chi connectivity index (χ1v) is 15.1. The van der Waals surface area contributed by atoms with Gasteiger partial charge in [-0.15, -0.1) is 23.5 Å². The Kier molecular flexibility index (Phi) is 10.2. The quantitative estimate of drug-likeness (QED) is 0.276. The zero-order chi connectivity index (χ0) is 19.8. The normalized spacial score (nSPS) is 19.5. The maximum Gasteiger partial charge on any atom is 0.0638 e. The van der Waals surface area contributed by atoms with E-state index in [2.05, 4.69) is 68.6 Å². The highest BCUT2D eigenvalue weighted by atomic mass is 32.2. The molecular formula is C23H32S5. The molecule has 0 nitrogen and oxygen atoms in total. The van der Waals surface area contributed by atoms with Crippen molar-refractivity contribution < 1.29 is 0 Å². The van der Waals surface area contributed by atoms with Crippen LogP contribution < -0.4 is 0 Å². The van der Waals surface area contributed by atoms with E-state index in [1.165, 1.54) is 84.5 Å². The molecule has 0 aromatic heterocycles. The van der Waals surface area contributed by atoms with Crippen LogP contribution in [0.25, 0.3) is 0 Å². The lowest BCUT2D eigenvalue weighted by molar-refractivity contribution is 0.779. The van der Waals surface area contributed by atoms with Gasteiger partial charge in [-0.3, -0.25) is 0 Å². The van der Waals surface area contributed by atoms with Gasteiger partial charge >= 0.3 is 0 Å². The Morgan fingerprint density at radius 1 is 0.786 bits per heavy atom. The minimum atomic E-state index is 0.654. The molecule has 0 amide bonds. The van der Waals surface area contributed by atoms with Gasteiger partial charge < -0.3 is 0 Å². The molecule has 1 aliphatic carbocycles. The first-order valence-electron chi connectivity index (χ1n) is 10.6. The Morgan fingerprint density at radius 2 is 1.43 bits per heavy atom. The van der Waals surface area contributed by atoms with Crippen LogP contribution in [-0.2, 0) is 0 Å². The summed E-state index contributed by atoms with van der Waals surface area (Å²) in [6, 6.07) is 0. The van der Waals surface area contributed by atoms with Gasteiger partial charge in [0, 0.05) is 19.6 Å². The molecule has 154 valence electrons. The molecule has 3 rings (SSSR count). The van der Waals surface area contributed by atoms with Crippen molar-refractivity contribution in [1.29, 1.82) is 0 Å². The molecule has 5 heteroatoms. The lowest BCUT2D eigenvalue weighted by Crippen LogP contribution is -1.91. The van der Waals surface area contributed by atoms with Gasteiger partial charge in [0.05, 0.1) is 8.47 Å². The molecule has 0 unspecified atom stereocenters. The predicted molar refractivity (Wildman–Crippen MR) is 140 cm³/mol. The summed E-state index contributed by atoms with van der Waals surface area (Å²) in [6.45, 7) is 6.85. The Balaban J connectivity index is 1.66. The summed E-state index contributed by atoms with van der Waals surface area (Å²) in [5.41, 5.74) is 0. The van der Waals surface area contributed by atoms with Gasteiger partial charge in [-0.25, -0.2) is 0 Å². The van der Waals surface area contributed by atoms with Gasteiger partial charge in [0.15, 0.2) is 0 Å². The molecule has 0 aromatic rings. The van der Waals surface area contributed by atoms with E-state index in [-0.39, 0.29) is 0 Å². The maximum atomic E-state index is 2.46. The molecule has 0 N–H and O–H groups in total. The first-order chi connectivity index (χ1) is 13.7. The Labute approximate surface area is 193 Å². The molecular weight excluding hydrogens is 437 g/mol. The van der Waals surface area contributed by atoms with Gasteiger partial charge in [0.2, 0.25) is 0 Å². The van der Waals surface area contributed by atoms with Crippen LogP contribution in [0.3, 0.4) is 0 Å².